The zero-order valence-electron chi connectivity index (χ0n) is 10.2. The van der Waals surface area contributed by atoms with Crippen LogP contribution in [0.2, 0.25) is 10.0 Å². The first kappa shape index (κ1) is 13.1. The van der Waals surface area contributed by atoms with Crippen molar-refractivity contribution in [2.75, 3.05) is 11.1 Å². The molecular weight excluding hydrogens is 271 g/mol. The van der Waals surface area contributed by atoms with Gasteiger partial charge in [-0.2, -0.15) is 5.10 Å². The van der Waals surface area contributed by atoms with Crippen LogP contribution in [0.3, 0.4) is 0 Å². The molecule has 1 aromatic heterocycles. The molecule has 3 N–H and O–H groups in total. The number of hydrogen-bond donors (Lipinski definition) is 2. The van der Waals surface area contributed by atoms with Gasteiger partial charge in [0.1, 0.15) is 0 Å². The van der Waals surface area contributed by atoms with Crippen molar-refractivity contribution in [1.29, 1.82) is 0 Å². The van der Waals surface area contributed by atoms with Crippen LogP contribution in [0.1, 0.15) is 12.6 Å². The van der Waals surface area contributed by atoms with Crippen molar-refractivity contribution in [3.05, 3.63) is 33.9 Å². The number of rotatable bonds is 3. The maximum atomic E-state index is 6.03. The minimum absolute atomic E-state index is 0.571. The van der Waals surface area contributed by atoms with Crippen LogP contribution in [0.5, 0.6) is 0 Å². The second-order valence-corrected chi connectivity index (χ2v) is 4.84. The molecular formula is C12H14Cl2N4. The van der Waals surface area contributed by atoms with Gasteiger partial charge in [-0.3, -0.25) is 4.68 Å². The summed E-state index contributed by atoms with van der Waals surface area (Å²) in [4.78, 5) is 0. The Bertz CT molecular complexity index is 557. The molecule has 0 radical (unpaired) electrons. The van der Waals surface area contributed by atoms with Gasteiger partial charge in [-0.05, 0) is 24.6 Å². The molecule has 0 aliphatic heterocycles. The van der Waals surface area contributed by atoms with Crippen molar-refractivity contribution in [3.8, 4) is 0 Å². The number of aromatic nitrogens is 2. The molecule has 0 atom stereocenters. The molecule has 6 heteroatoms. The third kappa shape index (κ3) is 2.54. The lowest BCUT2D eigenvalue weighted by atomic mass is 10.3. The zero-order valence-corrected chi connectivity index (χ0v) is 11.7. The van der Waals surface area contributed by atoms with E-state index in [0.29, 0.717) is 15.7 Å². The average Bonchev–Trinajstić information content (AvgIpc) is 2.55. The largest absolute Gasteiger partial charge is 0.394 e. The van der Waals surface area contributed by atoms with Crippen molar-refractivity contribution in [3.63, 3.8) is 0 Å². The third-order valence-corrected chi connectivity index (χ3v) is 3.06. The van der Waals surface area contributed by atoms with E-state index in [1.54, 1.807) is 22.9 Å². The molecule has 0 aliphatic carbocycles. The monoisotopic (exact) mass is 284 g/mol. The Balaban J connectivity index is 2.36. The summed E-state index contributed by atoms with van der Waals surface area (Å²) in [6, 6.07) is 5.25. The number of aryl methyl sites for hydroxylation is 2. The predicted molar refractivity (Wildman–Crippen MR) is 76.7 cm³/mol. The van der Waals surface area contributed by atoms with E-state index in [9.17, 15) is 0 Å². The summed E-state index contributed by atoms with van der Waals surface area (Å²) in [6.45, 7) is 2.01. The van der Waals surface area contributed by atoms with Crippen LogP contribution in [0.25, 0.3) is 0 Å². The number of nitrogens with one attached hydrogen (secondary N) is 1. The first-order chi connectivity index (χ1) is 8.51. The molecule has 0 fully saturated rings. The Hall–Kier alpha value is -1.39. The highest BCUT2D eigenvalue weighted by Gasteiger charge is 2.12. The lowest BCUT2D eigenvalue weighted by Gasteiger charge is -2.08. The molecule has 0 bridgehead atoms. The summed E-state index contributed by atoms with van der Waals surface area (Å²) >= 11 is 11.9. The van der Waals surface area contributed by atoms with Gasteiger partial charge in [0.05, 0.1) is 11.4 Å². The third-order valence-electron chi connectivity index (χ3n) is 2.62. The molecule has 0 aliphatic rings. The molecule has 0 unspecified atom stereocenters. The van der Waals surface area contributed by atoms with Gasteiger partial charge in [0.25, 0.3) is 0 Å². The molecule has 1 heterocycles. The van der Waals surface area contributed by atoms with Gasteiger partial charge in [-0.1, -0.05) is 30.1 Å². The predicted octanol–water partition coefficient (Wildman–Crippen LogP) is 3.62. The Kier molecular flexibility index (Phi) is 3.68. The standard InChI is InChI=1S/C12H14Cl2N4/c1-3-10-11(15)12(18(2)17-10)16-9-5-7(13)4-8(14)6-9/h4-6,16H,3,15H2,1-2H3. The van der Waals surface area contributed by atoms with Gasteiger partial charge < -0.3 is 11.1 Å². The lowest BCUT2D eigenvalue weighted by molar-refractivity contribution is 0.753. The molecule has 0 saturated heterocycles. The minimum Gasteiger partial charge on any atom is -0.394 e. The molecule has 0 spiro atoms. The van der Waals surface area contributed by atoms with Crippen LogP contribution in [-0.4, -0.2) is 9.78 Å². The summed E-state index contributed by atoms with van der Waals surface area (Å²) in [7, 11) is 1.84. The second-order valence-electron chi connectivity index (χ2n) is 3.97. The number of nitrogens with zero attached hydrogens (tertiary/aromatic N) is 2. The Morgan fingerprint density at radius 1 is 1.28 bits per heavy atom. The summed E-state index contributed by atoms with van der Waals surface area (Å²) in [6.07, 6.45) is 0.789. The van der Waals surface area contributed by atoms with E-state index in [1.807, 2.05) is 14.0 Å². The molecule has 0 amide bonds. The molecule has 18 heavy (non-hydrogen) atoms. The van der Waals surface area contributed by atoms with Gasteiger partial charge in [0.15, 0.2) is 5.82 Å². The van der Waals surface area contributed by atoms with E-state index in [4.69, 9.17) is 28.9 Å². The van der Waals surface area contributed by atoms with Crippen LogP contribution in [0.4, 0.5) is 17.2 Å². The summed E-state index contributed by atoms with van der Waals surface area (Å²) in [5.74, 6) is 0.741. The normalized spacial score (nSPS) is 10.7. The van der Waals surface area contributed by atoms with E-state index in [1.165, 1.54) is 0 Å². The van der Waals surface area contributed by atoms with E-state index in [2.05, 4.69) is 10.4 Å². The number of anilines is 3. The minimum atomic E-state index is 0.571. The summed E-state index contributed by atoms with van der Waals surface area (Å²) in [5.41, 5.74) is 8.33. The van der Waals surface area contributed by atoms with Crippen LogP contribution in [-0.2, 0) is 13.5 Å². The quantitative estimate of drug-likeness (QED) is 0.905. The Labute approximate surface area is 116 Å². The SMILES string of the molecule is CCc1nn(C)c(Nc2cc(Cl)cc(Cl)c2)c1N. The highest BCUT2D eigenvalue weighted by Crippen LogP contribution is 2.29. The summed E-state index contributed by atoms with van der Waals surface area (Å²) in [5, 5.41) is 8.66. The number of benzene rings is 1. The fourth-order valence-corrected chi connectivity index (χ4v) is 2.29. The molecule has 2 rings (SSSR count). The van der Waals surface area contributed by atoms with E-state index in [0.717, 1.165) is 23.6 Å². The summed E-state index contributed by atoms with van der Waals surface area (Å²) < 4.78 is 1.71. The number of nitrogens with two attached hydrogens (primary N) is 1. The van der Waals surface area contributed by atoms with Crippen molar-refractivity contribution in [2.45, 2.75) is 13.3 Å². The topological polar surface area (TPSA) is 55.9 Å². The molecule has 0 saturated carbocycles. The number of nitrogen functional groups attached to an aromatic ring is 1. The fraction of sp³-hybridized carbons (Fsp3) is 0.250. The van der Waals surface area contributed by atoms with Crippen LogP contribution < -0.4 is 11.1 Å². The van der Waals surface area contributed by atoms with E-state index in [-0.39, 0.29) is 0 Å². The smallest absolute Gasteiger partial charge is 0.152 e. The maximum Gasteiger partial charge on any atom is 0.152 e. The van der Waals surface area contributed by atoms with Crippen molar-refractivity contribution >= 4 is 40.4 Å². The lowest BCUT2D eigenvalue weighted by Crippen LogP contribution is -2.01. The van der Waals surface area contributed by atoms with Crippen LogP contribution >= 0.6 is 23.2 Å². The Morgan fingerprint density at radius 2 is 1.89 bits per heavy atom. The van der Waals surface area contributed by atoms with Crippen molar-refractivity contribution in [1.82, 2.24) is 9.78 Å². The first-order valence-electron chi connectivity index (χ1n) is 5.55. The van der Waals surface area contributed by atoms with E-state index >= 15 is 0 Å². The first-order valence-corrected chi connectivity index (χ1v) is 6.31. The molecule has 96 valence electrons. The zero-order chi connectivity index (χ0) is 13.3. The average molecular weight is 285 g/mol. The van der Waals surface area contributed by atoms with E-state index < -0.39 is 0 Å². The number of hydrogen-bond acceptors (Lipinski definition) is 3. The van der Waals surface area contributed by atoms with Crippen molar-refractivity contribution < 1.29 is 0 Å². The van der Waals surface area contributed by atoms with Crippen LogP contribution in [0.15, 0.2) is 18.2 Å². The highest BCUT2D eigenvalue weighted by atomic mass is 35.5. The highest BCUT2D eigenvalue weighted by molar-refractivity contribution is 6.35. The number of halogens is 2. The van der Waals surface area contributed by atoms with Gasteiger partial charge in [-0.15, -0.1) is 0 Å². The molecule has 1 aromatic carbocycles. The van der Waals surface area contributed by atoms with Crippen LogP contribution in [0, 0.1) is 0 Å². The van der Waals surface area contributed by atoms with Gasteiger partial charge in [0.2, 0.25) is 0 Å². The van der Waals surface area contributed by atoms with Gasteiger partial charge >= 0.3 is 0 Å². The molecule has 2 aromatic rings. The van der Waals surface area contributed by atoms with Gasteiger partial charge in [-0.25, -0.2) is 0 Å². The maximum absolute atomic E-state index is 6.03. The van der Waals surface area contributed by atoms with Crippen molar-refractivity contribution in [2.24, 2.45) is 7.05 Å². The Morgan fingerprint density at radius 3 is 2.39 bits per heavy atom. The van der Waals surface area contributed by atoms with Gasteiger partial charge in [0, 0.05) is 22.8 Å². The molecule has 4 nitrogen and oxygen atoms in total. The second kappa shape index (κ2) is 5.08. The fourth-order valence-electron chi connectivity index (χ4n) is 1.77.